The molecule has 0 aliphatic rings. The van der Waals surface area contributed by atoms with Crippen molar-refractivity contribution < 1.29 is 19.4 Å². The molecule has 0 bridgehead atoms. The van der Waals surface area contributed by atoms with Gasteiger partial charge in [0.15, 0.2) is 0 Å². The summed E-state index contributed by atoms with van der Waals surface area (Å²) in [4.78, 5) is 31.4. The Hall–Kier alpha value is -3.94. The number of anilines is 4. The average Bonchev–Trinajstić information content (AvgIpc) is 2.68. The number of nitrogens with one attached hydrogen (secondary N) is 2. The van der Waals surface area contributed by atoms with Crippen LogP contribution in [0.5, 0.6) is 0 Å². The molecule has 2 aromatic carbocycles. The van der Waals surface area contributed by atoms with Crippen LogP contribution in [-0.2, 0) is 4.74 Å². The Labute approximate surface area is 167 Å². The lowest BCUT2D eigenvalue weighted by atomic mass is 10.2. The van der Waals surface area contributed by atoms with E-state index in [-0.39, 0.29) is 11.5 Å². The van der Waals surface area contributed by atoms with Crippen LogP contribution in [0.2, 0.25) is 0 Å². The Kier molecular flexibility index (Phi) is 6.03. The van der Waals surface area contributed by atoms with Crippen molar-refractivity contribution in [1.82, 2.24) is 9.97 Å². The zero-order valence-electron chi connectivity index (χ0n) is 16.0. The zero-order valence-corrected chi connectivity index (χ0v) is 16.0. The molecule has 0 aliphatic carbocycles. The first kappa shape index (κ1) is 19.8. The van der Waals surface area contributed by atoms with Crippen molar-refractivity contribution in [2.75, 3.05) is 17.2 Å². The molecule has 0 amide bonds. The van der Waals surface area contributed by atoms with Crippen LogP contribution in [0.4, 0.5) is 23.0 Å². The lowest BCUT2D eigenvalue weighted by Crippen LogP contribution is -2.05. The second-order valence-electron chi connectivity index (χ2n) is 6.12. The number of nitrogens with zero attached hydrogens (tertiary/aromatic N) is 2. The van der Waals surface area contributed by atoms with Crippen molar-refractivity contribution in [1.29, 1.82) is 0 Å². The van der Waals surface area contributed by atoms with Crippen molar-refractivity contribution in [2.45, 2.75) is 13.8 Å². The van der Waals surface area contributed by atoms with Gasteiger partial charge in [0.25, 0.3) is 0 Å². The highest BCUT2D eigenvalue weighted by Crippen LogP contribution is 2.21. The summed E-state index contributed by atoms with van der Waals surface area (Å²) in [5, 5.41) is 15.3. The smallest absolute Gasteiger partial charge is 0.338 e. The van der Waals surface area contributed by atoms with Gasteiger partial charge in [-0.2, -0.15) is 0 Å². The van der Waals surface area contributed by atoms with Gasteiger partial charge < -0.3 is 20.5 Å². The van der Waals surface area contributed by atoms with E-state index in [0.717, 1.165) is 5.69 Å². The predicted octanol–water partition coefficient (Wildman–Crippen LogP) is 4.15. The van der Waals surface area contributed by atoms with E-state index in [2.05, 4.69) is 20.6 Å². The van der Waals surface area contributed by atoms with E-state index in [9.17, 15) is 9.59 Å². The molecule has 8 nitrogen and oxygen atoms in total. The van der Waals surface area contributed by atoms with Crippen LogP contribution >= 0.6 is 0 Å². The van der Waals surface area contributed by atoms with E-state index < -0.39 is 5.97 Å². The van der Waals surface area contributed by atoms with E-state index in [0.29, 0.717) is 35.3 Å². The summed E-state index contributed by atoms with van der Waals surface area (Å²) in [6.07, 6.45) is 0. The number of aromatic carboxylic acids is 1. The van der Waals surface area contributed by atoms with Crippen molar-refractivity contribution in [2.24, 2.45) is 0 Å². The summed E-state index contributed by atoms with van der Waals surface area (Å²) >= 11 is 0. The Morgan fingerprint density at radius 2 is 1.38 bits per heavy atom. The van der Waals surface area contributed by atoms with Crippen LogP contribution in [0, 0.1) is 6.92 Å². The van der Waals surface area contributed by atoms with Crippen LogP contribution in [0.1, 0.15) is 33.5 Å². The maximum Gasteiger partial charge on any atom is 0.338 e. The van der Waals surface area contributed by atoms with Gasteiger partial charge in [-0.15, -0.1) is 0 Å². The molecule has 3 aromatic rings. The van der Waals surface area contributed by atoms with E-state index in [1.807, 2.05) is 0 Å². The summed E-state index contributed by atoms with van der Waals surface area (Å²) in [5.41, 5.74) is 2.15. The summed E-state index contributed by atoms with van der Waals surface area (Å²) in [6, 6.07) is 15.0. The number of ether oxygens (including phenoxy) is 1. The first-order valence-electron chi connectivity index (χ1n) is 8.95. The minimum absolute atomic E-state index is 0.211. The summed E-state index contributed by atoms with van der Waals surface area (Å²) < 4.78 is 4.97. The van der Waals surface area contributed by atoms with E-state index in [1.165, 1.54) is 12.1 Å². The fraction of sp³-hybridized carbons (Fsp3) is 0.143. The second kappa shape index (κ2) is 8.83. The Morgan fingerprint density at radius 1 is 0.897 bits per heavy atom. The maximum atomic E-state index is 11.7. The Balaban J connectivity index is 1.73. The first-order chi connectivity index (χ1) is 13.9. The molecule has 0 aliphatic heterocycles. The lowest BCUT2D eigenvalue weighted by molar-refractivity contribution is 0.0526. The topological polar surface area (TPSA) is 113 Å². The van der Waals surface area contributed by atoms with E-state index in [1.54, 1.807) is 56.3 Å². The molecule has 0 saturated heterocycles. The number of rotatable bonds is 7. The monoisotopic (exact) mass is 392 g/mol. The molecule has 0 saturated carbocycles. The van der Waals surface area contributed by atoms with Gasteiger partial charge in [0.05, 0.1) is 17.7 Å². The van der Waals surface area contributed by atoms with Crippen molar-refractivity contribution >= 4 is 34.9 Å². The molecule has 3 N–H and O–H groups in total. The van der Waals surface area contributed by atoms with Crippen molar-refractivity contribution in [3.8, 4) is 0 Å². The molecule has 8 heteroatoms. The molecule has 0 unspecified atom stereocenters. The highest BCUT2D eigenvalue weighted by molar-refractivity contribution is 5.90. The minimum Gasteiger partial charge on any atom is -0.478 e. The van der Waals surface area contributed by atoms with Gasteiger partial charge in [0, 0.05) is 17.4 Å². The molecule has 1 heterocycles. The largest absolute Gasteiger partial charge is 0.478 e. The summed E-state index contributed by atoms with van der Waals surface area (Å²) in [7, 11) is 0. The fourth-order valence-electron chi connectivity index (χ4n) is 2.59. The van der Waals surface area contributed by atoms with Crippen molar-refractivity contribution in [3.05, 3.63) is 71.5 Å². The number of benzene rings is 2. The average molecular weight is 392 g/mol. The molecular formula is C21H20N4O4. The number of aryl methyl sites for hydroxylation is 1. The lowest BCUT2D eigenvalue weighted by Gasteiger charge is -2.11. The molecule has 0 fully saturated rings. The van der Waals surface area contributed by atoms with Crippen LogP contribution in [0.25, 0.3) is 0 Å². The van der Waals surface area contributed by atoms with Crippen LogP contribution in [0.3, 0.4) is 0 Å². The highest BCUT2D eigenvalue weighted by atomic mass is 16.5. The Morgan fingerprint density at radius 3 is 1.83 bits per heavy atom. The number of carbonyl (C=O) groups excluding carboxylic acids is 1. The number of carboxylic acids is 1. The zero-order chi connectivity index (χ0) is 20.8. The molecule has 3 rings (SSSR count). The van der Waals surface area contributed by atoms with Crippen LogP contribution in [-0.4, -0.2) is 33.6 Å². The SMILES string of the molecule is CCOC(=O)c1ccc(Nc2cc(Nc3ccc(C(=O)O)cc3)nc(C)n2)cc1. The van der Waals surface area contributed by atoms with Crippen molar-refractivity contribution in [3.63, 3.8) is 0 Å². The van der Waals surface area contributed by atoms with Gasteiger partial charge in [-0.1, -0.05) is 0 Å². The third-order valence-electron chi connectivity index (χ3n) is 3.91. The standard InChI is InChI=1S/C21H20N4O4/c1-3-29-21(28)15-6-10-17(11-7-15)25-19-12-18(22-13(2)23-19)24-16-8-4-14(5-9-16)20(26)27/h4-12H,3H2,1-2H3,(H,26,27)(H2,22,23,24,25). The third-order valence-corrected chi connectivity index (χ3v) is 3.91. The Bertz CT molecular complexity index is 1020. The van der Waals surface area contributed by atoms with Crippen LogP contribution in [0.15, 0.2) is 54.6 Å². The van der Waals surface area contributed by atoms with Gasteiger partial charge in [-0.05, 0) is 62.4 Å². The first-order valence-corrected chi connectivity index (χ1v) is 8.95. The molecule has 148 valence electrons. The number of carboxylic acid groups (broad SMARTS) is 1. The normalized spacial score (nSPS) is 10.3. The molecule has 0 spiro atoms. The summed E-state index contributed by atoms with van der Waals surface area (Å²) in [6.45, 7) is 3.86. The number of hydrogen-bond donors (Lipinski definition) is 3. The molecule has 0 atom stereocenters. The molecule has 1 aromatic heterocycles. The minimum atomic E-state index is -0.977. The highest BCUT2D eigenvalue weighted by Gasteiger charge is 2.08. The summed E-state index contributed by atoms with van der Waals surface area (Å²) in [5.74, 6) is 0.354. The quantitative estimate of drug-likeness (QED) is 0.514. The third kappa shape index (κ3) is 5.29. The number of carbonyl (C=O) groups is 2. The van der Waals surface area contributed by atoms with Gasteiger partial charge in [-0.25, -0.2) is 19.6 Å². The van der Waals surface area contributed by atoms with Gasteiger partial charge in [-0.3, -0.25) is 0 Å². The molecule has 0 radical (unpaired) electrons. The van der Waals surface area contributed by atoms with E-state index >= 15 is 0 Å². The second-order valence-corrected chi connectivity index (χ2v) is 6.12. The van der Waals surface area contributed by atoms with E-state index in [4.69, 9.17) is 9.84 Å². The van der Waals surface area contributed by atoms with Crippen LogP contribution < -0.4 is 10.6 Å². The number of aromatic nitrogens is 2. The fourth-order valence-corrected chi connectivity index (χ4v) is 2.59. The maximum absolute atomic E-state index is 11.7. The molecule has 29 heavy (non-hydrogen) atoms. The van der Waals surface area contributed by atoms with Gasteiger partial charge in [0.2, 0.25) is 0 Å². The predicted molar refractivity (Wildman–Crippen MR) is 109 cm³/mol. The van der Waals surface area contributed by atoms with Gasteiger partial charge in [0.1, 0.15) is 17.5 Å². The molecular weight excluding hydrogens is 372 g/mol. The number of esters is 1. The van der Waals surface area contributed by atoms with Gasteiger partial charge >= 0.3 is 11.9 Å². The number of hydrogen-bond acceptors (Lipinski definition) is 7.